The van der Waals surface area contributed by atoms with E-state index in [-0.39, 0.29) is 24.1 Å². The standard InChI is InChI=1S/C21H34N2O3/c1-2-3-4-5-6-7-8-9-10-11-12-20(25)22-17-21(26)23-18-13-15-19(24)16-14-18/h13-16,24H,2-12,17H2,1H3,(H,22,25)(H,23,26). The number of nitrogens with one attached hydrogen (secondary N) is 2. The maximum Gasteiger partial charge on any atom is 0.243 e. The molecule has 0 radical (unpaired) electrons. The number of unbranched alkanes of at least 4 members (excludes halogenated alkanes) is 9. The average Bonchev–Trinajstić information content (AvgIpc) is 2.63. The van der Waals surface area contributed by atoms with Gasteiger partial charge in [0.15, 0.2) is 0 Å². The minimum atomic E-state index is -0.271. The van der Waals surface area contributed by atoms with Crippen molar-refractivity contribution < 1.29 is 14.7 Å². The van der Waals surface area contributed by atoms with Crippen LogP contribution in [0.1, 0.15) is 77.6 Å². The van der Waals surface area contributed by atoms with Gasteiger partial charge >= 0.3 is 0 Å². The topological polar surface area (TPSA) is 78.4 Å². The van der Waals surface area contributed by atoms with Gasteiger partial charge in [0, 0.05) is 12.1 Å². The van der Waals surface area contributed by atoms with Gasteiger partial charge in [-0.25, -0.2) is 0 Å². The zero-order valence-corrected chi connectivity index (χ0v) is 16.1. The molecule has 0 aliphatic heterocycles. The summed E-state index contributed by atoms with van der Waals surface area (Å²) in [6, 6.07) is 6.22. The maximum absolute atomic E-state index is 11.8. The summed E-state index contributed by atoms with van der Waals surface area (Å²) in [6.45, 7) is 2.20. The molecule has 1 aromatic carbocycles. The molecule has 0 saturated heterocycles. The first-order chi connectivity index (χ1) is 12.6. The van der Waals surface area contributed by atoms with Crippen LogP contribution in [-0.2, 0) is 9.59 Å². The molecule has 0 aliphatic rings. The van der Waals surface area contributed by atoms with E-state index in [2.05, 4.69) is 17.6 Å². The first-order valence-electron chi connectivity index (χ1n) is 9.97. The molecule has 1 rings (SSSR count). The Morgan fingerprint density at radius 1 is 0.808 bits per heavy atom. The smallest absolute Gasteiger partial charge is 0.243 e. The van der Waals surface area contributed by atoms with Crippen molar-refractivity contribution in [2.24, 2.45) is 0 Å². The number of hydrogen-bond donors (Lipinski definition) is 3. The van der Waals surface area contributed by atoms with Crippen LogP contribution in [0.15, 0.2) is 24.3 Å². The van der Waals surface area contributed by atoms with E-state index in [4.69, 9.17) is 0 Å². The van der Waals surface area contributed by atoms with Crippen LogP contribution in [0.5, 0.6) is 5.75 Å². The number of benzene rings is 1. The molecule has 0 unspecified atom stereocenters. The summed E-state index contributed by atoms with van der Waals surface area (Å²) in [4.78, 5) is 23.5. The molecule has 146 valence electrons. The number of anilines is 1. The Bertz CT molecular complexity index is 514. The molecule has 2 amide bonds. The van der Waals surface area contributed by atoms with Crippen LogP contribution in [-0.4, -0.2) is 23.5 Å². The highest BCUT2D eigenvalue weighted by Crippen LogP contribution is 2.13. The van der Waals surface area contributed by atoms with Crippen molar-refractivity contribution in [3.8, 4) is 5.75 Å². The van der Waals surface area contributed by atoms with Gasteiger partial charge in [0.05, 0.1) is 6.54 Å². The number of hydrogen-bond acceptors (Lipinski definition) is 3. The summed E-state index contributed by atoms with van der Waals surface area (Å²) in [5, 5.41) is 14.5. The maximum atomic E-state index is 11.8. The van der Waals surface area contributed by atoms with Gasteiger partial charge in [0.2, 0.25) is 11.8 Å². The molecule has 5 heteroatoms. The zero-order valence-electron chi connectivity index (χ0n) is 16.1. The van der Waals surface area contributed by atoms with Crippen molar-refractivity contribution >= 4 is 17.5 Å². The van der Waals surface area contributed by atoms with E-state index in [0.29, 0.717) is 12.1 Å². The summed E-state index contributed by atoms with van der Waals surface area (Å²) in [7, 11) is 0. The molecule has 26 heavy (non-hydrogen) atoms. The highest BCUT2D eigenvalue weighted by molar-refractivity contribution is 5.94. The lowest BCUT2D eigenvalue weighted by Gasteiger charge is -2.07. The van der Waals surface area contributed by atoms with Gasteiger partial charge in [0.1, 0.15) is 5.75 Å². The predicted molar refractivity (Wildman–Crippen MR) is 106 cm³/mol. The van der Waals surface area contributed by atoms with E-state index in [1.165, 1.54) is 63.5 Å². The monoisotopic (exact) mass is 362 g/mol. The Hall–Kier alpha value is -2.04. The Labute approximate surface area is 157 Å². The second-order valence-electron chi connectivity index (χ2n) is 6.80. The molecular formula is C21H34N2O3. The van der Waals surface area contributed by atoms with E-state index in [1.807, 2.05) is 0 Å². The Morgan fingerprint density at radius 2 is 1.35 bits per heavy atom. The number of amides is 2. The molecule has 5 nitrogen and oxygen atoms in total. The average molecular weight is 363 g/mol. The van der Waals surface area contributed by atoms with Gasteiger partial charge in [-0.05, 0) is 30.7 Å². The second kappa shape index (κ2) is 14.2. The molecule has 3 N–H and O–H groups in total. The second-order valence-corrected chi connectivity index (χ2v) is 6.80. The van der Waals surface area contributed by atoms with Crippen molar-refractivity contribution in [2.75, 3.05) is 11.9 Å². The summed E-state index contributed by atoms with van der Waals surface area (Å²) in [6.07, 6.45) is 12.8. The largest absolute Gasteiger partial charge is 0.508 e. The van der Waals surface area contributed by atoms with Gasteiger partial charge in [-0.15, -0.1) is 0 Å². The molecule has 0 atom stereocenters. The molecule has 0 saturated carbocycles. The van der Waals surface area contributed by atoms with Crippen LogP contribution in [0.3, 0.4) is 0 Å². The molecule has 0 bridgehead atoms. The number of rotatable bonds is 14. The highest BCUT2D eigenvalue weighted by Gasteiger charge is 2.06. The van der Waals surface area contributed by atoms with Crippen molar-refractivity contribution in [2.45, 2.75) is 77.6 Å². The molecule has 0 fully saturated rings. The van der Waals surface area contributed by atoms with E-state index in [9.17, 15) is 14.7 Å². The molecule has 0 spiro atoms. The van der Waals surface area contributed by atoms with Crippen molar-refractivity contribution in [1.29, 1.82) is 0 Å². The zero-order chi connectivity index (χ0) is 19.0. The fourth-order valence-electron chi connectivity index (χ4n) is 2.79. The van der Waals surface area contributed by atoms with Gasteiger partial charge in [0.25, 0.3) is 0 Å². The third-order valence-electron chi connectivity index (χ3n) is 4.35. The number of phenolic OH excluding ortho intramolecular Hbond substituents is 1. The lowest BCUT2D eigenvalue weighted by molar-refractivity contribution is -0.124. The summed E-state index contributed by atoms with van der Waals surface area (Å²) >= 11 is 0. The molecule has 1 aromatic rings. The fourth-order valence-corrected chi connectivity index (χ4v) is 2.79. The van der Waals surface area contributed by atoms with Crippen molar-refractivity contribution in [3.63, 3.8) is 0 Å². The van der Waals surface area contributed by atoms with Crippen molar-refractivity contribution in [1.82, 2.24) is 5.32 Å². The molecule has 0 aliphatic carbocycles. The van der Waals surface area contributed by atoms with Crippen LogP contribution in [0.25, 0.3) is 0 Å². The van der Waals surface area contributed by atoms with Crippen LogP contribution >= 0.6 is 0 Å². The normalized spacial score (nSPS) is 10.5. The molecule has 0 heterocycles. The van der Waals surface area contributed by atoms with Gasteiger partial charge < -0.3 is 15.7 Å². The summed E-state index contributed by atoms with van der Waals surface area (Å²) in [5.41, 5.74) is 0.594. The first-order valence-corrected chi connectivity index (χ1v) is 9.97. The van der Waals surface area contributed by atoms with E-state index >= 15 is 0 Å². The fraction of sp³-hybridized carbons (Fsp3) is 0.619. The SMILES string of the molecule is CCCCCCCCCCCCC(=O)NCC(=O)Nc1ccc(O)cc1. The van der Waals surface area contributed by atoms with E-state index < -0.39 is 0 Å². The third kappa shape index (κ3) is 11.5. The third-order valence-corrected chi connectivity index (χ3v) is 4.35. The van der Waals surface area contributed by atoms with Gasteiger partial charge in [-0.2, -0.15) is 0 Å². The number of carbonyl (C=O) groups is 2. The molecular weight excluding hydrogens is 328 g/mol. The van der Waals surface area contributed by atoms with E-state index in [0.717, 1.165) is 12.8 Å². The van der Waals surface area contributed by atoms with Crippen LogP contribution in [0, 0.1) is 0 Å². The Balaban J connectivity index is 1.96. The number of aromatic hydroxyl groups is 1. The Morgan fingerprint density at radius 3 is 1.92 bits per heavy atom. The lowest BCUT2D eigenvalue weighted by atomic mass is 10.1. The molecule has 0 aromatic heterocycles. The minimum Gasteiger partial charge on any atom is -0.508 e. The Kier molecular flexibility index (Phi) is 12.0. The summed E-state index contributed by atoms with van der Waals surface area (Å²) in [5.74, 6) is -0.203. The lowest BCUT2D eigenvalue weighted by Crippen LogP contribution is -2.32. The predicted octanol–water partition coefficient (Wildman–Crippen LogP) is 4.76. The van der Waals surface area contributed by atoms with Crippen LogP contribution < -0.4 is 10.6 Å². The summed E-state index contributed by atoms with van der Waals surface area (Å²) < 4.78 is 0. The van der Waals surface area contributed by atoms with Crippen molar-refractivity contribution in [3.05, 3.63) is 24.3 Å². The first kappa shape index (κ1) is 22.0. The van der Waals surface area contributed by atoms with Crippen LogP contribution in [0.4, 0.5) is 5.69 Å². The highest BCUT2D eigenvalue weighted by atomic mass is 16.3. The van der Waals surface area contributed by atoms with Gasteiger partial charge in [-0.1, -0.05) is 64.7 Å². The van der Waals surface area contributed by atoms with Crippen LogP contribution in [0.2, 0.25) is 0 Å². The number of carbonyl (C=O) groups excluding carboxylic acids is 2. The van der Waals surface area contributed by atoms with E-state index in [1.54, 1.807) is 12.1 Å². The minimum absolute atomic E-state index is 0.0303. The van der Waals surface area contributed by atoms with Gasteiger partial charge in [-0.3, -0.25) is 9.59 Å². The quantitative estimate of drug-likeness (QED) is 0.330. The number of phenols is 1.